The Labute approximate surface area is 145 Å². The van der Waals surface area contributed by atoms with E-state index in [2.05, 4.69) is 65.2 Å². The molecule has 3 heteroatoms. The van der Waals surface area contributed by atoms with Crippen LogP contribution in [0, 0.1) is 0 Å². The van der Waals surface area contributed by atoms with Gasteiger partial charge in [-0.1, -0.05) is 48.5 Å². The van der Waals surface area contributed by atoms with Gasteiger partial charge in [-0.25, -0.2) is 4.98 Å². The van der Waals surface area contributed by atoms with Gasteiger partial charge in [0, 0.05) is 16.5 Å². The molecule has 5 rings (SSSR count). The van der Waals surface area contributed by atoms with Gasteiger partial charge in [0.2, 0.25) is 0 Å². The summed E-state index contributed by atoms with van der Waals surface area (Å²) in [5, 5.41) is 4.89. The maximum Gasteiger partial charge on any atom is 0.119 e. The van der Waals surface area contributed by atoms with E-state index in [1.54, 1.807) is 7.11 Å². The van der Waals surface area contributed by atoms with Gasteiger partial charge in [0.05, 0.1) is 18.1 Å². The first-order valence-electron chi connectivity index (χ1n) is 8.28. The molecule has 0 radical (unpaired) electrons. The van der Waals surface area contributed by atoms with Gasteiger partial charge in [-0.15, -0.1) is 0 Å². The highest BCUT2D eigenvalue weighted by molar-refractivity contribution is 6.23. The molecule has 0 N–H and O–H groups in total. The normalized spacial score (nSPS) is 11.4. The maximum atomic E-state index is 5.28. The third kappa shape index (κ3) is 2.02. The predicted octanol–water partition coefficient (Wildman–Crippen LogP) is 5.34. The molecule has 0 amide bonds. The zero-order chi connectivity index (χ0) is 16.8. The summed E-state index contributed by atoms with van der Waals surface area (Å²) < 4.78 is 7.43. The Kier molecular flexibility index (Phi) is 3.01. The summed E-state index contributed by atoms with van der Waals surface area (Å²) >= 11 is 0. The number of methoxy groups -OCH3 is 1. The average Bonchev–Trinajstić information content (AvgIpc) is 3.14. The third-order valence-electron chi connectivity index (χ3n) is 4.77. The standard InChI is InChI=1S/C22H16N2O/c1-25-16-12-10-15(11-13-16)24-14-23-21-19-8-4-2-6-17(19)18-7-3-5-9-20(18)22(21)24/h2-14H,1H3. The van der Waals surface area contributed by atoms with Crippen LogP contribution in [0.25, 0.3) is 38.3 Å². The van der Waals surface area contributed by atoms with E-state index in [0.717, 1.165) is 22.5 Å². The van der Waals surface area contributed by atoms with Gasteiger partial charge in [0.1, 0.15) is 12.1 Å². The molecule has 0 unspecified atom stereocenters. The number of aromatic nitrogens is 2. The Morgan fingerprint density at radius 2 is 1.32 bits per heavy atom. The van der Waals surface area contributed by atoms with E-state index in [1.807, 2.05) is 18.5 Å². The zero-order valence-electron chi connectivity index (χ0n) is 13.8. The molecule has 4 aromatic carbocycles. The van der Waals surface area contributed by atoms with Crippen LogP contribution in [-0.2, 0) is 0 Å². The highest BCUT2D eigenvalue weighted by Gasteiger charge is 2.13. The molecule has 0 aliphatic rings. The first kappa shape index (κ1) is 14.1. The predicted molar refractivity (Wildman–Crippen MR) is 103 cm³/mol. The molecule has 0 atom stereocenters. The van der Waals surface area contributed by atoms with Crippen molar-refractivity contribution in [2.75, 3.05) is 7.11 Å². The van der Waals surface area contributed by atoms with Crippen LogP contribution in [0.2, 0.25) is 0 Å². The first-order valence-corrected chi connectivity index (χ1v) is 8.28. The number of hydrogen-bond donors (Lipinski definition) is 0. The fourth-order valence-corrected chi connectivity index (χ4v) is 3.59. The van der Waals surface area contributed by atoms with Crippen molar-refractivity contribution in [2.45, 2.75) is 0 Å². The minimum atomic E-state index is 0.850. The van der Waals surface area contributed by atoms with Crippen LogP contribution < -0.4 is 4.74 Å². The smallest absolute Gasteiger partial charge is 0.119 e. The van der Waals surface area contributed by atoms with Crippen LogP contribution in [-0.4, -0.2) is 16.7 Å². The Balaban J connectivity index is 1.93. The number of fused-ring (bicyclic) bond motifs is 6. The maximum absolute atomic E-state index is 5.28. The van der Waals surface area contributed by atoms with Crippen molar-refractivity contribution >= 4 is 32.6 Å². The van der Waals surface area contributed by atoms with Crippen molar-refractivity contribution in [3.8, 4) is 11.4 Å². The molecule has 0 bridgehead atoms. The van der Waals surface area contributed by atoms with E-state index >= 15 is 0 Å². The van der Waals surface area contributed by atoms with Crippen LogP contribution in [0.4, 0.5) is 0 Å². The highest BCUT2D eigenvalue weighted by atomic mass is 16.5. The van der Waals surface area contributed by atoms with Gasteiger partial charge in [-0.05, 0) is 35.0 Å². The molecule has 0 spiro atoms. The molecule has 0 fully saturated rings. The molecule has 120 valence electrons. The first-order chi connectivity index (χ1) is 12.4. The average molecular weight is 324 g/mol. The Morgan fingerprint density at radius 3 is 2.00 bits per heavy atom. The molecule has 3 nitrogen and oxygen atoms in total. The van der Waals surface area contributed by atoms with E-state index in [-0.39, 0.29) is 0 Å². The van der Waals surface area contributed by atoms with Crippen molar-refractivity contribution in [2.24, 2.45) is 0 Å². The van der Waals surface area contributed by atoms with Crippen LogP contribution in [0.15, 0.2) is 79.1 Å². The van der Waals surface area contributed by atoms with E-state index in [4.69, 9.17) is 9.72 Å². The summed E-state index contributed by atoms with van der Waals surface area (Å²) in [5.41, 5.74) is 3.24. The molecule has 0 saturated heterocycles. The van der Waals surface area contributed by atoms with Crippen LogP contribution >= 0.6 is 0 Å². The van der Waals surface area contributed by atoms with Crippen LogP contribution in [0.1, 0.15) is 0 Å². The SMILES string of the molecule is COc1ccc(-n2cnc3c4ccccc4c4ccccc4c32)cc1. The summed E-state index contributed by atoms with van der Waals surface area (Å²) in [6.45, 7) is 0. The molecule has 0 aliphatic heterocycles. The van der Waals surface area contributed by atoms with Gasteiger partial charge < -0.3 is 4.74 Å². The van der Waals surface area contributed by atoms with E-state index in [0.29, 0.717) is 0 Å². The lowest BCUT2D eigenvalue weighted by atomic mass is 10.00. The number of benzene rings is 4. The molecule has 1 aromatic heterocycles. The molecule has 0 saturated carbocycles. The number of ether oxygens (including phenoxy) is 1. The van der Waals surface area contributed by atoms with Gasteiger partial charge >= 0.3 is 0 Å². The third-order valence-corrected chi connectivity index (χ3v) is 4.77. The molecule has 5 aromatic rings. The van der Waals surface area contributed by atoms with Gasteiger partial charge in [-0.3, -0.25) is 4.57 Å². The molecular weight excluding hydrogens is 308 g/mol. The monoisotopic (exact) mass is 324 g/mol. The minimum absolute atomic E-state index is 0.850. The lowest BCUT2D eigenvalue weighted by Gasteiger charge is -2.10. The second-order valence-corrected chi connectivity index (χ2v) is 6.10. The van der Waals surface area contributed by atoms with Crippen molar-refractivity contribution in [3.05, 3.63) is 79.1 Å². The zero-order valence-corrected chi connectivity index (χ0v) is 13.8. The largest absolute Gasteiger partial charge is 0.497 e. The van der Waals surface area contributed by atoms with Crippen LogP contribution in [0.3, 0.4) is 0 Å². The Hall–Kier alpha value is -3.33. The lowest BCUT2D eigenvalue weighted by molar-refractivity contribution is 0.415. The second-order valence-electron chi connectivity index (χ2n) is 6.10. The number of hydrogen-bond acceptors (Lipinski definition) is 2. The quantitative estimate of drug-likeness (QED) is 0.410. The van der Waals surface area contributed by atoms with E-state index in [1.165, 1.54) is 21.5 Å². The van der Waals surface area contributed by atoms with Crippen molar-refractivity contribution in [1.82, 2.24) is 9.55 Å². The molecular formula is C22H16N2O. The molecule has 25 heavy (non-hydrogen) atoms. The molecule has 1 heterocycles. The number of nitrogens with zero attached hydrogens (tertiary/aromatic N) is 2. The van der Waals surface area contributed by atoms with Crippen molar-refractivity contribution in [3.63, 3.8) is 0 Å². The van der Waals surface area contributed by atoms with Gasteiger partial charge in [-0.2, -0.15) is 0 Å². The summed E-state index contributed by atoms with van der Waals surface area (Å²) in [7, 11) is 1.68. The van der Waals surface area contributed by atoms with Gasteiger partial charge in [0.15, 0.2) is 0 Å². The van der Waals surface area contributed by atoms with Crippen LogP contribution in [0.5, 0.6) is 5.75 Å². The minimum Gasteiger partial charge on any atom is -0.497 e. The van der Waals surface area contributed by atoms with Crippen molar-refractivity contribution < 1.29 is 4.74 Å². The highest BCUT2D eigenvalue weighted by Crippen LogP contribution is 2.35. The summed E-state index contributed by atoms with van der Waals surface area (Å²) in [4.78, 5) is 4.75. The van der Waals surface area contributed by atoms with Crippen molar-refractivity contribution in [1.29, 1.82) is 0 Å². The van der Waals surface area contributed by atoms with E-state index < -0.39 is 0 Å². The van der Waals surface area contributed by atoms with E-state index in [9.17, 15) is 0 Å². The number of rotatable bonds is 2. The fraction of sp³-hybridized carbons (Fsp3) is 0.0455. The summed E-state index contributed by atoms with van der Waals surface area (Å²) in [6.07, 6.45) is 1.91. The summed E-state index contributed by atoms with van der Waals surface area (Å²) in [5.74, 6) is 0.850. The second kappa shape index (κ2) is 5.35. The lowest BCUT2D eigenvalue weighted by Crippen LogP contribution is -1.93. The Morgan fingerprint density at radius 1 is 0.720 bits per heavy atom. The molecule has 0 aliphatic carbocycles. The van der Waals surface area contributed by atoms with Gasteiger partial charge in [0.25, 0.3) is 0 Å². The summed E-state index contributed by atoms with van der Waals surface area (Å²) in [6, 6.07) is 25.1. The topological polar surface area (TPSA) is 27.1 Å². The number of imidazole rings is 1. The Bertz CT molecular complexity index is 1220. The fourth-order valence-electron chi connectivity index (χ4n) is 3.59.